The average Bonchev–Trinajstić information content (AvgIpc) is 2.79. The first-order chi connectivity index (χ1) is 11.9. The number of nitriles is 1. The van der Waals surface area contributed by atoms with Crippen LogP contribution in [-0.2, 0) is 18.4 Å². The number of likely N-dealkylation sites (N-methyl/N-ethyl adjacent to an activating group) is 1. The summed E-state index contributed by atoms with van der Waals surface area (Å²) in [4.78, 5) is 18.9. The Labute approximate surface area is 150 Å². The Kier molecular flexibility index (Phi) is 4.90. The minimum atomic E-state index is 0.0828. The standard InChI is InChI=1S/C19H29N5O/c1-15-16(11-17(12-20)23(15)4)13-24-10-9-22(3)19(14-24)6-5-18(25)21(2)8-7-19/h11H,5-10,13-14H2,1-4H3. The first-order valence-corrected chi connectivity index (χ1v) is 9.09. The molecule has 0 aliphatic carbocycles. The zero-order valence-corrected chi connectivity index (χ0v) is 15.9. The van der Waals surface area contributed by atoms with Crippen LogP contribution in [0, 0.1) is 18.3 Å². The van der Waals surface area contributed by atoms with Crippen LogP contribution in [0.3, 0.4) is 0 Å². The molecule has 1 aromatic heterocycles. The summed E-state index contributed by atoms with van der Waals surface area (Å²) in [5, 5.41) is 9.25. The van der Waals surface area contributed by atoms with Gasteiger partial charge in [0, 0.05) is 64.5 Å². The molecule has 6 nitrogen and oxygen atoms in total. The predicted molar refractivity (Wildman–Crippen MR) is 97.0 cm³/mol. The SMILES string of the molecule is Cc1c(CN2CCN(C)C3(CCC(=O)N(C)CC3)C2)cc(C#N)n1C. The molecule has 1 spiro atoms. The summed E-state index contributed by atoms with van der Waals surface area (Å²) in [5.41, 5.74) is 3.21. The zero-order valence-electron chi connectivity index (χ0n) is 15.9. The van der Waals surface area contributed by atoms with Crippen LogP contribution in [0.5, 0.6) is 0 Å². The highest BCUT2D eigenvalue weighted by Gasteiger charge is 2.41. The van der Waals surface area contributed by atoms with Gasteiger partial charge in [-0.25, -0.2) is 0 Å². The van der Waals surface area contributed by atoms with E-state index >= 15 is 0 Å². The third-order valence-electron chi connectivity index (χ3n) is 6.37. The maximum atomic E-state index is 12.1. The number of amides is 1. The largest absolute Gasteiger partial charge is 0.346 e. The van der Waals surface area contributed by atoms with Gasteiger partial charge in [0.05, 0.1) is 0 Å². The maximum absolute atomic E-state index is 12.1. The number of aromatic nitrogens is 1. The Balaban J connectivity index is 1.77. The average molecular weight is 343 g/mol. The second-order valence-corrected chi connectivity index (χ2v) is 7.73. The number of rotatable bonds is 2. The van der Waals surface area contributed by atoms with E-state index in [0.29, 0.717) is 6.42 Å². The van der Waals surface area contributed by atoms with Crippen molar-refractivity contribution in [2.45, 2.75) is 38.3 Å². The van der Waals surface area contributed by atoms with Crippen molar-refractivity contribution in [1.29, 1.82) is 5.26 Å². The summed E-state index contributed by atoms with van der Waals surface area (Å²) in [5.74, 6) is 0.264. The number of carbonyl (C=O) groups excluding carboxylic acids is 1. The molecule has 2 aliphatic heterocycles. The van der Waals surface area contributed by atoms with E-state index < -0.39 is 0 Å². The van der Waals surface area contributed by atoms with Gasteiger partial charge in [-0.3, -0.25) is 14.6 Å². The second-order valence-electron chi connectivity index (χ2n) is 7.73. The summed E-state index contributed by atoms with van der Waals surface area (Å²) in [6.07, 6.45) is 2.59. The first-order valence-electron chi connectivity index (χ1n) is 9.09. The Bertz CT molecular complexity index is 703. The van der Waals surface area contributed by atoms with Gasteiger partial charge < -0.3 is 9.47 Å². The lowest BCUT2D eigenvalue weighted by molar-refractivity contribution is -0.129. The zero-order chi connectivity index (χ0) is 18.2. The van der Waals surface area contributed by atoms with Crippen molar-refractivity contribution in [3.63, 3.8) is 0 Å². The van der Waals surface area contributed by atoms with Crippen molar-refractivity contribution < 1.29 is 4.79 Å². The molecule has 1 aromatic rings. The fourth-order valence-electron chi connectivity index (χ4n) is 4.25. The molecule has 1 unspecified atom stereocenters. The van der Waals surface area contributed by atoms with Gasteiger partial charge in [0.15, 0.2) is 0 Å². The van der Waals surface area contributed by atoms with Crippen molar-refractivity contribution in [1.82, 2.24) is 19.3 Å². The van der Waals surface area contributed by atoms with Gasteiger partial charge in [-0.2, -0.15) is 5.26 Å². The molecule has 0 radical (unpaired) electrons. The van der Waals surface area contributed by atoms with E-state index in [1.807, 2.05) is 29.6 Å². The Morgan fingerprint density at radius 3 is 2.64 bits per heavy atom. The molecule has 2 saturated heterocycles. The Morgan fingerprint density at radius 2 is 1.96 bits per heavy atom. The van der Waals surface area contributed by atoms with Crippen LogP contribution in [0.1, 0.15) is 36.2 Å². The highest BCUT2D eigenvalue weighted by Crippen LogP contribution is 2.32. The number of nitrogens with zero attached hydrogens (tertiary/aromatic N) is 5. The van der Waals surface area contributed by atoms with Crippen LogP contribution >= 0.6 is 0 Å². The third-order valence-corrected chi connectivity index (χ3v) is 6.37. The number of hydrogen-bond donors (Lipinski definition) is 0. The van der Waals surface area contributed by atoms with E-state index in [-0.39, 0.29) is 11.4 Å². The summed E-state index contributed by atoms with van der Waals surface area (Å²) in [7, 11) is 6.07. The van der Waals surface area contributed by atoms with Crippen molar-refractivity contribution in [2.75, 3.05) is 40.3 Å². The first kappa shape index (κ1) is 18.0. The molecule has 3 heterocycles. The molecule has 3 rings (SSSR count). The van der Waals surface area contributed by atoms with Crippen molar-refractivity contribution in [3.05, 3.63) is 23.0 Å². The lowest BCUT2D eigenvalue weighted by atomic mass is 9.86. The molecule has 0 saturated carbocycles. The van der Waals surface area contributed by atoms with Gasteiger partial charge in [0.25, 0.3) is 0 Å². The fraction of sp³-hybridized carbons (Fsp3) is 0.684. The molecule has 6 heteroatoms. The minimum Gasteiger partial charge on any atom is -0.346 e. The highest BCUT2D eigenvalue weighted by atomic mass is 16.2. The van der Waals surface area contributed by atoms with Gasteiger partial charge in [0.2, 0.25) is 5.91 Å². The number of hydrogen-bond acceptors (Lipinski definition) is 4. The molecule has 2 aliphatic rings. The maximum Gasteiger partial charge on any atom is 0.222 e. The van der Waals surface area contributed by atoms with Crippen LogP contribution in [0.2, 0.25) is 0 Å². The van der Waals surface area contributed by atoms with E-state index in [9.17, 15) is 10.1 Å². The lowest BCUT2D eigenvalue weighted by Crippen LogP contribution is -2.60. The van der Waals surface area contributed by atoms with E-state index in [1.54, 1.807) is 0 Å². The summed E-state index contributed by atoms with van der Waals surface area (Å²) < 4.78 is 1.97. The van der Waals surface area contributed by atoms with Crippen molar-refractivity contribution in [3.8, 4) is 6.07 Å². The molecular formula is C19H29N5O. The van der Waals surface area contributed by atoms with Gasteiger partial charge in [-0.15, -0.1) is 0 Å². The van der Waals surface area contributed by atoms with E-state index in [4.69, 9.17) is 0 Å². The van der Waals surface area contributed by atoms with E-state index in [0.717, 1.165) is 51.3 Å². The third kappa shape index (κ3) is 3.31. The molecular weight excluding hydrogens is 314 g/mol. The quantitative estimate of drug-likeness (QED) is 0.813. The molecule has 0 bridgehead atoms. The molecule has 136 valence electrons. The summed E-state index contributed by atoms with van der Waals surface area (Å²) >= 11 is 0. The monoisotopic (exact) mass is 343 g/mol. The van der Waals surface area contributed by atoms with E-state index in [1.165, 1.54) is 11.3 Å². The van der Waals surface area contributed by atoms with Crippen LogP contribution in [0.25, 0.3) is 0 Å². The fourth-order valence-corrected chi connectivity index (χ4v) is 4.25. The van der Waals surface area contributed by atoms with Crippen molar-refractivity contribution in [2.24, 2.45) is 7.05 Å². The number of carbonyl (C=O) groups is 1. The van der Waals surface area contributed by atoms with Crippen LogP contribution in [-0.4, -0.2) is 71.0 Å². The smallest absolute Gasteiger partial charge is 0.222 e. The topological polar surface area (TPSA) is 55.5 Å². The molecule has 25 heavy (non-hydrogen) atoms. The van der Waals surface area contributed by atoms with Gasteiger partial charge in [-0.05, 0) is 38.4 Å². The van der Waals surface area contributed by atoms with Gasteiger partial charge in [-0.1, -0.05) is 0 Å². The van der Waals surface area contributed by atoms with Gasteiger partial charge in [0.1, 0.15) is 11.8 Å². The lowest BCUT2D eigenvalue weighted by Gasteiger charge is -2.49. The summed E-state index contributed by atoms with van der Waals surface area (Å²) in [6.45, 7) is 6.83. The van der Waals surface area contributed by atoms with Crippen molar-refractivity contribution >= 4 is 5.91 Å². The minimum absolute atomic E-state index is 0.0828. The van der Waals surface area contributed by atoms with Crippen LogP contribution < -0.4 is 0 Å². The van der Waals surface area contributed by atoms with Crippen LogP contribution in [0.4, 0.5) is 0 Å². The van der Waals surface area contributed by atoms with Crippen LogP contribution in [0.15, 0.2) is 6.07 Å². The molecule has 2 fully saturated rings. The molecule has 1 atom stereocenters. The molecule has 0 N–H and O–H groups in total. The number of likely N-dealkylation sites (tertiary alicyclic amines) is 1. The molecule has 1 amide bonds. The summed E-state index contributed by atoms with van der Waals surface area (Å²) in [6, 6.07) is 4.29. The van der Waals surface area contributed by atoms with Gasteiger partial charge >= 0.3 is 0 Å². The second kappa shape index (κ2) is 6.81. The Hall–Kier alpha value is -1.84. The highest BCUT2D eigenvalue weighted by molar-refractivity contribution is 5.76. The number of piperazine rings is 1. The normalized spacial score (nSPS) is 26.0. The Morgan fingerprint density at radius 1 is 1.20 bits per heavy atom. The predicted octanol–water partition coefficient (Wildman–Crippen LogP) is 1.33. The van der Waals surface area contributed by atoms with E-state index in [2.05, 4.69) is 29.8 Å². The molecule has 0 aromatic carbocycles.